The van der Waals surface area contributed by atoms with Crippen LogP contribution >= 0.6 is 11.6 Å². The maximum absolute atomic E-state index is 13.1. The molecule has 0 bridgehead atoms. The Balaban J connectivity index is 2.21. The first-order valence-electron chi connectivity index (χ1n) is 10.3. The molecule has 0 aromatic heterocycles. The van der Waals surface area contributed by atoms with E-state index in [-0.39, 0.29) is 24.5 Å². The summed E-state index contributed by atoms with van der Waals surface area (Å²) < 4.78 is 5.75. The van der Waals surface area contributed by atoms with Gasteiger partial charge in [0.1, 0.15) is 11.8 Å². The van der Waals surface area contributed by atoms with Crippen LogP contribution in [-0.4, -0.2) is 35.4 Å². The van der Waals surface area contributed by atoms with Gasteiger partial charge in [-0.05, 0) is 75.1 Å². The first-order valence-corrected chi connectivity index (χ1v) is 10.6. The van der Waals surface area contributed by atoms with Crippen molar-refractivity contribution in [2.24, 2.45) is 0 Å². The Morgan fingerprint density at radius 2 is 1.73 bits per heavy atom. The summed E-state index contributed by atoms with van der Waals surface area (Å²) >= 11 is 5.99. The van der Waals surface area contributed by atoms with E-state index in [0.717, 1.165) is 16.7 Å². The average Bonchev–Trinajstić information content (AvgIpc) is 2.69. The number of halogens is 1. The highest BCUT2D eigenvalue weighted by molar-refractivity contribution is 6.30. The third kappa shape index (κ3) is 6.77. The summed E-state index contributed by atoms with van der Waals surface area (Å²) in [6.45, 7) is 9.89. The first kappa shape index (κ1) is 23.7. The number of hydrogen-bond acceptors (Lipinski definition) is 3. The molecule has 2 amide bonds. The second kappa shape index (κ2) is 11.0. The molecule has 30 heavy (non-hydrogen) atoms. The van der Waals surface area contributed by atoms with Gasteiger partial charge in [-0.25, -0.2) is 0 Å². The van der Waals surface area contributed by atoms with Gasteiger partial charge in [0.15, 0.2) is 6.61 Å². The highest BCUT2D eigenvalue weighted by Crippen LogP contribution is 2.18. The second-order valence-corrected chi connectivity index (χ2v) is 8.21. The van der Waals surface area contributed by atoms with E-state index in [0.29, 0.717) is 23.7 Å². The molecule has 2 rings (SSSR count). The molecular weight excluding hydrogens is 400 g/mol. The topological polar surface area (TPSA) is 58.6 Å². The largest absolute Gasteiger partial charge is 0.484 e. The van der Waals surface area contributed by atoms with Gasteiger partial charge in [-0.3, -0.25) is 9.59 Å². The van der Waals surface area contributed by atoms with E-state index in [1.165, 1.54) is 0 Å². The van der Waals surface area contributed by atoms with Crippen molar-refractivity contribution in [2.75, 3.05) is 6.61 Å². The van der Waals surface area contributed by atoms with Crippen molar-refractivity contribution in [2.45, 2.75) is 59.7 Å². The minimum absolute atomic E-state index is 0.00850. The number of amides is 2. The van der Waals surface area contributed by atoms with Crippen molar-refractivity contribution in [3.8, 4) is 5.75 Å². The predicted molar refractivity (Wildman–Crippen MR) is 121 cm³/mol. The summed E-state index contributed by atoms with van der Waals surface area (Å²) in [6.07, 6.45) is 0.502. The summed E-state index contributed by atoms with van der Waals surface area (Å²) in [4.78, 5) is 27.5. The molecule has 2 aromatic carbocycles. The zero-order valence-corrected chi connectivity index (χ0v) is 19.1. The van der Waals surface area contributed by atoms with Gasteiger partial charge in [0.25, 0.3) is 5.91 Å². The Morgan fingerprint density at radius 3 is 2.30 bits per heavy atom. The summed E-state index contributed by atoms with van der Waals surface area (Å²) in [5.74, 6) is 0.229. The van der Waals surface area contributed by atoms with Gasteiger partial charge in [-0.2, -0.15) is 0 Å². The average molecular weight is 431 g/mol. The van der Waals surface area contributed by atoms with Gasteiger partial charge in [0.2, 0.25) is 5.91 Å². The van der Waals surface area contributed by atoms with E-state index in [1.54, 1.807) is 17.0 Å². The summed E-state index contributed by atoms with van der Waals surface area (Å²) in [5, 5.41) is 3.54. The van der Waals surface area contributed by atoms with Gasteiger partial charge in [-0.15, -0.1) is 0 Å². The van der Waals surface area contributed by atoms with Crippen LogP contribution in [0.1, 0.15) is 43.9 Å². The molecule has 1 atom stereocenters. The molecule has 0 fully saturated rings. The molecule has 0 radical (unpaired) electrons. The number of benzene rings is 2. The Hall–Kier alpha value is -2.53. The van der Waals surface area contributed by atoms with E-state index in [4.69, 9.17) is 16.3 Å². The van der Waals surface area contributed by atoms with Gasteiger partial charge < -0.3 is 15.0 Å². The molecule has 0 aliphatic heterocycles. The van der Waals surface area contributed by atoms with Crippen molar-refractivity contribution in [3.05, 3.63) is 64.2 Å². The Kier molecular flexibility index (Phi) is 8.72. The quantitative estimate of drug-likeness (QED) is 0.629. The molecule has 2 aromatic rings. The van der Waals surface area contributed by atoms with Gasteiger partial charge in [0, 0.05) is 17.6 Å². The standard InChI is InChI=1S/C24H31ClN2O3/c1-6-22(24(29)26-16(2)3)27(14-19-8-10-20(25)11-9-19)23(28)15-30-21-12-7-17(4)18(5)13-21/h7-13,16,22H,6,14-15H2,1-5H3,(H,26,29). The Labute approximate surface area is 184 Å². The molecule has 0 aliphatic rings. The maximum atomic E-state index is 13.1. The lowest BCUT2D eigenvalue weighted by Gasteiger charge is -2.31. The van der Waals surface area contributed by atoms with Crippen molar-refractivity contribution < 1.29 is 14.3 Å². The monoisotopic (exact) mass is 430 g/mol. The van der Waals surface area contributed by atoms with E-state index < -0.39 is 6.04 Å². The molecule has 0 aliphatic carbocycles. The zero-order valence-electron chi connectivity index (χ0n) is 18.4. The van der Waals surface area contributed by atoms with Crippen LogP contribution < -0.4 is 10.1 Å². The highest BCUT2D eigenvalue weighted by atomic mass is 35.5. The zero-order chi connectivity index (χ0) is 22.3. The summed E-state index contributed by atoms with van der Waals surface area (Å²) in [5.41, 5.74) is 3.16. The number of carbonyl (C=O) groups is 2. The first-order chi connectivity index (χ1) is 14.2. The minimum atomic E-state index is -0.584. The number of rotatable bonds is 9. The normalized spacial score (nSPS) is 11.8. The van der Waals surface area contributed by atoms with Crippen molar-refractivity contribution in [1.82, 2.24) is 10.2 Å². The predicted octanol–water partition coefficient (Wildman–Crippen LogP) is 4.67. The molecule has 0 saturated heterocycles. The molecule has 1 unspecified atom stereocenters. The lowest BCUT2D eigenvalue weighted by molar-refractivity contribution is -0.143. The molecule has 0 spiro atoms. The lowest BCUT2D eigenvalue weighted by atomic mass is 10.1. The van der Waals surface area contributed by atoms with Gasteiger partial charge in [0.05, 0.1) is 0 Å². The van der Waals surface area contributed by atoms with E-state index in [2.05, 4.69) is 5.32 Å². The maximum Gasteiger partial charge on any atom is 0.261 e. The van der Waals surface area contributed by atoms with Gasteiger partial charge in [-0.1, -0.05) is 36.7 Å². The SMILES string of the molecule is CCC(C(=O)NC(C)C)N(Cc1ccc(Cl)cc1)C(=O)COc1ccc(C)c(C)c1. The number of carbonyl (C=O) groups excluding carboxylic acids is 2. The van der Waals surface area contributed by atoms with Crippen LogP contribution in [0, 0.1) is 13.8 Å². The van der Waals surface area contributed by atoms with E-state index in [9.17, 15) is 9.59 Å². The Bertz CT molecular complexity index is 865. The highest BCUT2D eigenvalue weighted by Gasteiger charge is 2.29. The van der Waals surface area contributed by atoms with E-state index >= 15 is 0 Å². The Morgan fingerprint density at radius 1 is 1.07 bits per heavy atom. The number of hydrogen-bond donors (Lipinski definition) is 1. The second-order valence-electron chi connectivity index (χ2n) is 7.77. The summed E-state index contributed by atoms with van der Waals surface area (Å²) in [6, 6.07) is 12.4. The molecule has 162 valence electrons. The third-order valence-corrected chi connectivity index (χ3v) is 5.18. The fourth-order valence-electron chi connectivity index (χ4n) is 3.12. The minimum Gasteiger partial charge on any atom is -0.484 e. The van der Waals surface area contributed by atoms with Crippen LogP contribution in [0.15, 0.2) is 42.5 Å². The van der Waals surface area contributed by atoms with Gasteiger partial charge >= 0.3 is 0 Å². The molecule has 6 heteroatoms. The molecule has 0 saturated carbocycles. The lowest BCUT2D eigenvalue weighted by Crippen LogP contribution is -2.51. The van der Waals surface area contributed by atoms with Crippen LogP contribution in [0.2, 0.25) is 5.02 Å². The number of nitrogens with zero attached hydrogens (tertiary/aromatic N) is 1. The van der Waals surface area contributed by atoms with Crippen molar-refractivity contribution in [3.63, 3.8) is 0 Å². The van der Waals surface area contributed by atoms with Crippen LogP contribution in [0.4, 0.5) is 0 Å². The fraction of sp³-hybridized carbons (Fsp3) is 0.417. The smallest absolute Gasteiger partial charge is 0.261 e. The fourth-order valence-corrected chi connectivity index (χ4v) is 3.24. The van der Waals surface area contributed by atoms with Crippen LogP contribution in [0.3, 0.4) is 0 Å². The molecule has 0 heterocycles. The molecule has 1 N–H and O–H groups in total. The number of nitrogens with one attached hydrogen (secondary N) is 1. The third-order valence-electron chi connectivity index (χ3n) is 4.92. The van der Waals surface area contributed by atoms with Crippen molar-refractivity contribution in [1.29, 1.82) is 0 Å². The van der Waals surface area contributed by atoms with Crippen molar-refractivity contribution >= 4 is 23.4 Å². The summed E-state index contributed by atoms with van der Waals surface area (Å²) in [7, 11) is 0. The van der Waals surface area contributed by atoms with Crippen LogP contribution in [0.5, 0.6) is 5.75 Å². The van der Waals surface area contributed by atoms with Crippen LogP contribution in [-0.2, 0) is 16.1 Å². The number of aryl methyl sites for hydroxylation is 2. The van der Waals surface area contributed by atoms with E-state index in [1.807, 2.05) is 65.0 Å². The number of ether oxygens (including phenoxy) is 1. The molecule has 5 nitrogen and oxygen atoms in total. The van der Waals surface area contributed by atoms with Crippen LogP contribution in [0.25, 0.3) is 0 Å². The molecular formula is C24H31ClN2O3.